The minimum absolute atomic E-state index is 0.0312. The minimum Gasteiger partial charge on any atom is -0.465 e. The zero-order valence-electron chi connectivity index (χ0n) is 11.3. The fraction of sp³-hybridized carbons (Fsp3) is 0.417. The van der Waals surface area contributed by atoms with E-state index in [0.29, 0.717) is 32.4 Å². The number of hydrazine groups is 1. The van der Waals surface area contributed by atoms with Gasteiger partial charge in [-0.05, 0) is 6.07 Å². The topological polar surface area (TPSA) is 93.9 Å². The van der Waals surface area contributed by atoms with Gasteiger partial charge in [0.05, 0.1) is 36.9 Å². The lowest BCUT2D eigenvalue weighted by Crippen LogP contribution is -2.40. The van der Waals surface area contributed by atoms with Gasteiger partial charge in [-0.3, -0.25) is 10.1 Å². The number of ether oxygens (including phenoxy) is 2. The molecule has 1 aromatic rings. The van der Waals surface area contributed by atoms with E-state index in [1.54, 1.807) is 5.01 Å². The zero-order chi connectivity index (χ0) is 15.4. The lowest BCUT2D eigenvalue weighted by molar-refractivity contribution is -0.384. The molecule has 1 N–H and O–H groups in total. The number of hydrogen-bond donors (Lipinski definition) is 1. The summed E-state index contributed by atoms with van der Waals surface area (Å²) in [6.07, 6.45) is 0. The van der Waals surface area contributed by atoms with E-state index in [1.807, 2.05) is 0 Å². The molecule has 0 atom stereocenters. The Morgan fingerprint density at radius 3 is 2.71 bits per heavy atom. The molecule has 1 aliphatic rings. The van der Waals surface area contributed by atoms with E-state index in [4.69, 9.17) is 4.74 Å². The SMILES string of the molecule is COC(=O)c1cc(NN2CCOCC2)c([N+](=O)[O-])cc1F. The van der Waals surface area contributed by atoms with Crippen LogP contribution in [-0.2, 0) is 9.47 Å². The highest BCUT2D eigenvalue weighted by Crippen LogP contribution is 2.28. The van der Waals surface area contributed by atoms with Crippen molar-refractivity contribution < 1.29 is 23.6 Å². The van der Waals surface area contributed by atoms with Gasteiger partial charge in [0.25, 0.3) is 5.69 Å². The largest absolute Gasteiger partial charge is 0.465 e. The van der Waals surface area contributed by atoms with E-state index < -0.39 is 22.4 Å². The summed E-state index contributed by atoms with van der Waals surface area (Å²) in [7, 11) is 1.11. The van der Waals surface area contributed by atoms with Gasteiger partial charge in [-0.2, -0.15) is 0 Å². The van der Waals surface area contributed by atoms with Gasteiger partial charge in [0.2, 0.25) is 0 Å². The van der Waals surface area contributed by atoms with Crippen LogP contribution in [0.15, 0.2) is 12.1 Å². The maximum atomic E-state index is 13.7. The van der Waals surface area contributed by atoms with Gasteiger partial charge in [-0.25, -0.2) is 14.2 Å². The van der Waals surface area contributed by atoms with Gasteiger partial charge in [-0.15, -0.1) is 0 Å². The second-order valence-corrected chi connectivity index (χ2v) is 4.31. The molecule has 0 unspecified atom stereocenters. The average Bonchev–Trinajstić information content (AvgIpc) is 2.48. The molecule has 9 heteroatoms. The molecular formula is C12H14FN3O5. The molecule has 0 bridgehead atoms. The van der Waals surface area contributed by atoms with Crippen molar-refractivity contribution >= 4 is 17.3 Å². The number of carbonyl (C=O) groups excluding carboxylic acids is 1. The minimum atomic E-state index is -0.999. The summed E-state index contributed by atoms with van der Waals surface area (Å²) < 4.78 is 23.4. The second-order valence-electron chi connectivity index (χ2n) is 4.31. The van der Waals surface area contributed by atoms with Gasteiger partial charge >= 0.3 is 5.97 Å². The second kappa shape index (κ2) is 6.46. The highest BCUT2D eigenvalue weighted by molar-refractivity contribution is 5.91. The Kier molecular flexibility index (Phi) is 4.66. The monoisotopic (exact) mass is 299 g/mol. The van der Waals surface area contributed by atoms with Crippen LogP contribution in [0, 0.1) is 15.9 Å². The van der Waals surface area contributed by atoms with Gasteiger partial charge in [0.1, 0.15) is 11.5 Å². The Morgan fingerprint density at radius 2 is 2.14 bits per heavy atom. The lowest BCUT2D eigenvalue weighted by atomic mass is 10.1. The summed E-state index contributed by atoms with van der Waals surface area (Å²) in [5.41, 5.74) is 2.03. The lowest BCUT2D eigenvalue weighted by Gasteiger charge is -2.27. The smallest absolute Gasteiger partial charge is 0.340 e. The van der Waals surface area contributed by atoms with Crippen molar-refractivity contribution in [3.05, 3.63) is 33.6 Å². The Balaban J connectivity index is 2.35. The van der Waals surface area contributed by atoms with Crippen molar-refractivity contribution in [1.82, 2.24) is 5.01 Å². The first-order valence-corrected chi connectivity index (χ1v) is 6.18. The third-order valence-corrected chi connectivity index (χ3v) is 2.98. The molecule has 114 valence electrons. The first-order chi connectivity index (χ1) is 10.0. The molecule has 1 aromatic carbocycles. The third kappa shape index (κ3) is 3.44. The number of anilines is 1. The number of nitro groups is 1. The normalized spacial score (nSPS) is 15.5. The molecule has 0 aliphatic carbocycles. The van der Waals surface area contributed by atoms with Crippen LogP contribution in [0.1, 0.15) is 10.4 Å². The van der Waals surface area contributed by atoms with Crippen molar-refractivity contribution in [3.63, 3.8) is 0 Å². The molecule has 0 aromatic heterocycles. The van der Waals surface area contributed by atoms with E-state index in [-0.39, 0.29) is 11.3 Å². The first-order valence-electron chi connectivity index (χ1n) is 6.18. The number of methoxy groups -OCH3 is 1. The van der Waals surface area contributed by atoms with Gasteiger partial charge in [-0.1, -0.05) is 0 Å². The van der Waals surface area contributed by atoms with E-state index in [9.17, 15) is 19.3 Å². The Morgan fingerprint density at radius 1 is 1.48 bits per heavy atom. The molecule has 0 spiro atoms. The molecule has 1 fully saturated rings. The molecule has 21 heavy (non-hydrogen) atoms. The average molecular weight is 299 g/mol. The summed E-state index contributed by atoms with van der Waals surface area (Å²) in [6, 6.07) is 1.78. The molecule has 0 radical (unpaired) electrons. The van der Waals surface area contributed by atoms with E-state index >= 15 is 0 Å². The van der Waals surface area contributed by atoms with Crippen LogP contribution in [0.5, 0.6) is 0 Å². The highest BCUT2D eigenvalue weighted by atomic mass is 19.1. The molecule has 1 saturated heterocycles. The summed E-state index contributed by atoms with van der Waals surface area (Å²) in [4.78, 5) is 21.8. The van der Waals surface area contributed by atoms with E-state index in [2.05, 4.69) is 10.2 Å². The molecule has 0 amide bonds. The number of hydrogen-bond acceptors (Lipinski definition) is 7. The fourth-order valence-corrected chi connectivity index (χ4v) is 1.92. The maximum absolute atomic E-state index is 13.7. The van der Waals surface area contributed by atoms with Crippen LogP contribution in [-0.4, -0.2) is 49.3 Å². The fourth-order valence-electron chi connectivity index (χ4n) is 1.92. The van der Waals surface area contributed by atoms with Crippen LogP contribution in [0.25, 0.3) is 0 Å². The van der Waals surface area contributed by atoms with Crippen molar-refractivity contribution in [2.75, 3.05) is 38.8 Å². The first kappa shape index (κ1) is 15.1. The number of morpholine rings is 1. The quantitative estimate of drug-likeness (QED) is 0.507. The standard InChI is InChI=1S/C12H14FN3O5/c1-20-12(17)8-6-10(11(16(18)19)7-9(8)13)14-15-2-4-21-5-3-15/h6-7,14H,2-5H2,1H3. The van der Waals surface area contributed by atoms with Crippen LogP contribution in [0.4, 0.5) is 15.8 Å². The highest BCUT2D eigenvalue weighted by Gasteiger charge is 2.24. The summed E-state index contributed by atoms with van der Waals surface area (Å²) in [5.74, 6) is -1.89. The Labute approximate surface area is 119 Å². The number of halogens is 1. The maximum Gasteiger partial charge on any atom is 0.340 e. The Hall–Kier alpha value is -2.26. The molecule has 0 saturated carbocycles. The predicted octanol–water partition coefficient (Wildman–Crippen LogP) is 1.18. The zero-order valence-corrected chi connectivity index (χ0v) is 11.3. The van der Waals surface area contributed by atoms with Crippen molar-refractivity contribution in [3.8, 4) is 0 Å². The van der Waals surface area contributed by atoms with Crippen LogP contribution in [0.2, 0.25) is 0 Å². The van der Waals surface area contributed by atoms with Crippen molar-refractivity contribution in [2.45, 2.75) is 0 Å². The van der Waals surface area contributed by atoms with Gasteiger partial charge < -0.3 is 14.9 Å². The number of benzene rings is 1. The number of esters is 1. The molecular weight excluding hydrogens is 285 g/mol. The number of nitrogens with zero attached hydrogens (tertiary/aromatic N) is 2. The number of nitro benzene ring substituents is 1. The van der Waals surface area contributed by atoms with Crippen LogP contribution in [0.3, 0.4) is 0 Å². The summed E-state index contributed by atoms with van der Waals surface area (Å²) in [5, 5.41) is 12.7. The number of nitrogens with one attached hydrogen (secondary N) is 1. The number of rotatable bonds is 4. The van der Waals surface area contributed by atoms with E-state index in [0.717, 1.165) is 13.2 Å². The Bertz CT molecular complexity index is 560. The van der Waals surface area contributed by atoms with Crippen LogP contribution >= 0.6 is 0 Å². The third-order valence-electron chi connectivity index (χ3n) is 2.98. The number of carbonyl (C=O) groups is 1. The van der Waals surface area contributed by atoms with E-state index in [1.165, 1.54) is 0 Å². The van der Waals surface area contributed by atoms with Gasteiger partial charge in [0.15, 0.2) is 0 Å². The molecule has 1 heterocycles. The summed E-state index contributed by atoms with van der Waals surface area (Å²) >= 11 is 0. The van der Waals surface area contributed by atoms with Crippen molar-refractivity contribution in [1.29, 1.82) is 0 Å². The molecule has 8 nitrogen and oxygen atoms in total. The van der Waals surface area contributed by atoms with Crippen LogP contribution < -0.4 is 5.43 Å². The molecule has 2 rings (SSSR count). The molecule has 1 aliphatic heterocycles. The summed E-state index contributed by atoms with van der Waals surface area (Å²) in [6.45, 7) is 1.99. The van der Waals surface area contributed by atoms with Gasteiger partial charge in [0, 0.05) is 13.1 Å². The van der Waals surface area contributed by atoms with Crippen molar-refractivity contribution in [2.24, 2.45) is 0 Å². The predicted molar refractivity (Wildman–Crippen MR) is 70.4 cm³/mol.